The number of hydrogen-bond acceptors (Lipinski definition) is 2. The van der Waals surface area contributed by atoms with Crippen molar-refractivity contribution in [3.63, 3.8) is 0 Å². The van der Waals surface area contributed by atoms with Crippen LogP contribution >= 0.6 is 0 Å². The van der Waals surface area contributed by atoms with Crippen molar-refractivity contribution >= 4 is 0 Å². The monoisotopic (exact) mass is 224 g/mol. The van der Waals surface area contributed by atoms with Crippen molar-refractivity contribution in [3.05, 3.63) is 0 Å². The Labute approximate surface area is 101 Å². The Morgan fingerprint density at radius 1 is 1.12 bits per heavy atom. The molecule has 0 saturated heterocycles. The van der Waals surface area contributed by atoms with Gasteiger partial charge in [-0.3, -0.25) is 4.90 Å². The molecule has 2 saturated carbocycles. The Hall–Kier alpha value is -0.0800. The molecule has 0 aliphatic heterocycles. The zero-order valence-electron chi connectivity index (χ0n) is 11.0. The normalized spacial score (nSPS) is 37.1. The average Bonchev–Trinajstić information content (AvgIpc) is 2.72. The lowest BCUT2D eigenvalue weighted by Crippen LogP contribution is -2.57. The van der Waals surface area contributed by atoms with Gasteiger partial charge in [-0.25, -0.2) is 0 Å². The standard InChI is InChI=1S/C14H28N2/c1-12-7-6-10-14(12,11-15)16(2)13-8-4-3-5-9-13/h12-13H,3-11,15H2,1-2H3. The van der Waals surface area contributed by atoms with Gasteiger partial charge in [0.1, 0.15) is 0 Å². The predicted molar refractivity (Wildman–Crippen MR) is 69.4 cm³/mol. The van der Waals surface area contributed by atoms with E-state index in [-0.39, 0.29) is 0 Å². The van der Waals surface area contributed by atoms with Crippen LogP contribution < -0.4 is 5.73 Å². The Morgan fingerprint density at radius 2 is 1.81 bits per heavy atom. The van der Waals surface area contributed by atoms with E-state index in [1.807, 2.05) is 0 Å². The molecule has 2 aliphatic carbocycles. The molecule has 0 radical (unpaired) electrons. The van der Waals surface area contributed by atoms with E-state index in [1.54, 1.807) is 0 Å². The van der Waals surface area contributed by atoms with Crippen LogP contribution in [-0.4, -0.2) is 30.1 Å². The van der Waals surface area contributed by atoms with E-state index in [1.165, 1.54) is 51.4 Å². The fourth-order valence-corrected chi connectivity index (χ4v) is 4.03. The SMILES string of the molecule is CC1CCCC1(CN)N(C)C1CCCCC1. The van der Waals surface area contributed by atoms with Crippen LogP contribution in [0.15, 0.2) is 0 Å². The van der Waals surface area contributed by atoms with Crippen molar-refractivity contribution in [2.75, 3.05) is 13.6 Å². The zero-order chi connectivity index (χ0) is 11.6. The minimum absolute atomic E-state index is 0.321. The summed E-state index contributed by atoms with van der Waals surface area (Å²) in [6, 6.07) is 0.804. The molecule has 2 rings (SSSR count). The van der Waals surface area contributed by atoms with Gasteiger partial charge < -0.3 is 5.73 Å². The lowest BCUT2D eigenvalue weighted by molar-refractivity contribution is 0.0334. The van der Waals surface area contributed by atoms with Crippen LogP contribution in [0.4, 0.5) is 0 Å². The van der Waals surface area contributed by atoms with Crippen LogP contribution in [-0.2, 0) is 0 Å². The Balaban J connectivity index is 2.07. The summed E-state index contributed by atoms with van der Waals surface area (Å²) >= 11 is 0. The average molecular weight is 224 g/mol. The first-order valence-corrected chi connectivity index (χ1v) is 7.14. The fourth-order valence-electron chi connectivity index (χ4n) is 4.03. The molecular weight excluding hydrogens is 196 g/mol. The highest BCUT2D eigenvalue weighted by Crippen LogP contribution is 2.41. The van der Waals surface area contributed by atoms with Crippen molar-refractivity contribution in [1.82, 2.24) is 4.90 Å². The molecule has 94 valence electrons. The van der Waals surface area contributed by atoms with Crippen molar-refractivity contribution in [1.29, 1.82) is 0 Å². The molecule has 0 bridgehead atoms. The number of nitrogens with two attached hydrogens (primary N) is 1. The van der Waals surface area contributed by atoms with Crippen LogP contribution in [0.5, 0.6) is 0 Å². The molecule has 0 aromatic carbocycles. The molecule has 2 N–H and O–H groups in total. The third-order valence-electron chi connectivity index (χ3n) is 5.34. The van der Waals surface area contributed by atoms with E-state index >= 15 is 0 Å². The predicted octanol–water partition coefficient (Wildman–Crippen LogP) is 2.77. The van der Waals surface area contributed by atoms with Gasteiger partial charge in [-0.15, -0.1) is 0 Å². The molecule has 2 fully saturated rings. The number of likely N-dealkylation sites (N-methyl/N-ethyl adjacent to an activating group) is 1. The van der Waals surface area contributed by atoms with Crippen LogP contribution in [0.2, 0.25) is 0 Å². The van der Waals surface area contributed by atoms with Gasteiger partial charge >= 0.3 is 0 Å². The Kier molecular flexibility index (Phi) is 3.91. The number of hydrogen-bond donors (Lipinski definition) is 1. The highest BCUT2D eigenvalue weighted by molar-refractivity contribution is 5.01. The third kappa shape index (κ3) is 2.02. The van der Waals surface area contributed by atoms with Crippen LogP contribution in [0, 0.1) is 5.92 Å². The summed E-state index contributed by atoms with van der Waals surface area (Å²) in [4.78, 5) is 2.67. The van der Waals surface area contributed by atoms with E-state index in [4.69, 9.17) is 5.73 Å². The van der Waals surface area contributed by atoms with Gasteiger partial charge in [0.25, 0.3) is 0 Å². The molecule has 0 heterocycles. The lowest BCUT2D eigenvalue weighted by atomic mass is 9.83. The summed E-state index contributed by atoms with van der Waals surface area (Å²) in [6.45, 7) is 3.25. The Bertz CT molecular complexity index is 223. The van der Waals surface area contributed by atoms with Crippen LogP contribution in [0.25, 0.3) is 0 Å². The fraction of sp³-hybridized carbons (Fsp3) is 1.00. The summed E-state index contributed by atoms with van der Waals surface area (Å²) in [5.74, 6) is 0.782. The minimum Gasteiger partial charge on any atom is -0.329 e. The van der Waals surface area contributed by atoms with Gasteiger partial charge in [0.05, 0.1) is 0 Å². The molecule has 0 aromatic rings. The summed E-state index contributed by atoms with van der Waals surface area (Å²) < 4.78 is 0. The molecule has 2 atom stereocenters. The van der Waals surface area contributed by atoms with Gasteiger partial charge in [-0.2, -0.15) is 0 Å². The van der Waals surface area contributed by atoms with Crippen molar-refractivity contribution in [2.24, 2.45) is 11.7 Å². The van der Waals surface area contributed by atoms with E-state index in [0.29, 0.717) is 5.54 Å². The van der Waals surface area contributed by atoms with E-state index in [9.17, 15) is 0 Å². The first-order chi connectivity index (χ1) is 7.70. The Morgan fingerprint density at radius 3 is 2.31 bits per heavy atom. The second kappa shape index (κ2) is 5.05. The molecule has 0 spiro atoms. The first-order valence-electron chi connectivity index (χ1n) is 7.14. The van der Waals surface area contributed by atoms with Gasteiger partial charge in [-0.05, 0) is 38.6 Å². The number of nitrogens with zero attached hydrogens (tertiary/aromatic N) is 1. The quantitative estimate of drug-likeness (QED) is 0.798. The van der Waals surface area contributed by atoms with Crippen molar-refractivity contribution in [3.8, 4) is 0 Å². The third-order valence-corrected chi connectivity index (χ3v) is 5.34. The highest BCUT2D eigenvalue weighted by atomic mass is 15.2. The van der Waals surface area contributed by atoms with Crippen LogP contribution in [0.3, 0.4) is 0 Å². The lowest BCUT2D eigenvalue weighted by Gasteiger charge is -2.47. The smallest absolute Gasteiger partial charge is 0.0357 e. The van der Waals surface area contributed by atoms with Gasteiger partial charge in [0.2, 0.25) is 0 Å². The van der Waals surface area contributed by atoms with E-state index in [0.717, 1.165) is 18.5 Å². The molecule has 2 heteroatoms. The highest BCUT2D eigenvalue weighted by Gasteiger charge is 2.44. The molecule has 16 heavy (non-hydrogen) atoms. The summed E-state index contributed by atoms with van der Waals surface area (Å²) in [7, 11) is 2.34. The topological polar surface area (TPSA) is 29.3 Å². The second-order valence-corrected chi connectivity index (χ2v) is 6.00. The maximum Gasteiger partial charge on any atom is 0.0357 e. The molecule has 2 aliphatic rings. The van der Waals surface area contributed by atoms with Gasteiger partial charge in [-0.1, -0.05) is 32.6 Å². The summed E-state index contributed by atoms with van der Waals surface area (Å²) in [6.07, 6.45) is 11.1. The molecule has 0 amide bonds. The maximum atomic E-state index is 6.13. The minimum atomic E-state index is 0.321. The zero-order valence-corrected chi connectivity index (χ0v) is 11.0. The summed E-state index contributed by atoms with van der Waals surface area (Å²) in [5.41, 5.74) is 6.45. The van der Waals surface area contributed by atoms with Gasteiger partial charge in [0, 0.05) is 18.1 Å². The molecule has 2 nitrogen and oxygen atoms in total. The maximum absolute atomic E-state index is 6.13. The van der Waals surface area contributed by atoms with Crippen LogP contribution in [0.1, 0.15) is 58.3 Å². The van der Waals surface area contributed by atoms with E-state index in [2.05, 4.69) is 18.9 Å². The molecular formula is C14H28N2. The molecule has 0 aromatic heterocycles. The summed E-state index contributed by atoms with van der Waals surface area (Å²) in [5, 5.41) is 0. The number of rotatable bonds is 3. The van der Waals surface area contributed by atoms with Crippen molar-refractivity contribution in [2.45, 2.75) is 69.9 Å². The van der Waals surface area contributed by atoms with Gasteiger partial charge in [0.15, 0.2) is 0 Å². The van der Waals surface area contributed by atoms with Crippen molar-refractivity contribution < 1.29 is 0 Å². The first kappa shape index (κ1) is 12.4. The largest absolute Gasteiger partial charge is 0.329 e. The molecule has 2 unspecified atom stereocenters. The van der Waals surface area contributed by atoms with E-state index < -0.39 is 0 Å². The second-order valence-electron chi connectivity index (χ2n) is 6.00.